The van der Waals surface area contributed by atoms with Crippen molar-refractivity contribution in [2.45, 2.75) is 25.7 Å². The molecule has 0 aliphatic carbocycles. The van der Waals surface area contributed by atoms with Gasteiger partial charge >= 0.3 is 0 Å². The van der Waals surface area contributed by atoms with Crippen molar-refractivity contribution in [1.29, 1.82) is 0 Å². The monoisotopic (exact) mass is 303 g/mol. The summed E-state index contributed by atoms with van der Waals surface area (Å²) in [7, 11) is 0. The fourth-order valence-corrected chi connectivity index (χ4v) is 2.69. The Morgan fingerprint density at radius 2 is 1.90 bits per heavy atom. The van der Waals surface area contributed by atoms with Gasteiger partial charge in [0.05, 0.1) is 6.20 Å². The van der Waals surface area contributed by atoms with Gasteiger partial charge in [0.2, 0.25) is 5.95 Å². The molecule has 6 heteroatoms. The Morgan fingerprint density at radius 3 is 2.67 bits per heavy atom. The zero-order valence-corrected chi connectivity index (χ0v) is 12.6. The Morgan fingerprint density at radius 1 is 1.10 bits per heavy atom. The Kier molecular flexibility index (Phi) is 4.50. The first-order valence-electron chi connectivity index (χ1n) is 7.28. The lowest BCUT2D eigenvalue weighted by atomic mass is 10.2. The quantitative estimate of drug-likeness (QED) is 0.938. The largest absolute Gasteiger partial charge is 0.355 e. The van der Waals surface area contributed by atoms with E-state index in [4.69, 9.17) is 11.6 Å². The normalized spacial score (nSPS) is 15.6. The van der Waals surface area contributed by atoms with Gasteiger partial charge in [0.1, 0.15) is 0 Å². The molecule has 1 aromatic carbocycles. The molecule has 0 radical (unpaired) electrons. The topological polar surface area (TPSA) is 53.9 Å². The van der Waals surface area contributed by atoms with Crippen LogP contribution in [0, 0.1) is 0 Å². The highest BCUT2D eigenvalue weighted by Gasteiger charge is 2.12. The number of anilines is 3. The first kappa shape index (κ1) is 14.1. The van der Waals surface area contributed by atoms with E-state index in [0.717, 1.165) is 24.6 Å². The van der Waals surface area contributed by atoms with Crippen molar-refractivity contribution >= 4 is 29.1 Å². The number of nitrogens with one attached hydrogen (secondary N) is 1. The van der Waals surface area contributed by atoms with Crippen LogP contribution in [0.25, 0.3) is 0 Å². The maximum absolute atomic E-state index is 5.98. The van der Waals surface area contributed by atoms with Crippen LogP contribution in [0.2, 0.25) is 5.02 Å². The lowest BCUT2D eigenvalue weighted by Gasteiger charge is -2.20. The molecule has 0 atom stereocenters. The van der Waals surface area contributed by atoms with E-state index in [1.54, 1.807) is 6.20 Å². The summed E-state index contributed by atoms with van der Waals surface area (Å²) in [6.45, 7) is 2.07. The second kappa shape index (κ2) is 6.72. The van der Waals surface area contributed by atoms with Crippen LogP contribution in [0.1, 0.15) is 25.7 Å². The average molecular weight is 304 g/mol. The molecule has 1 saturated heterocycles. The zero-order chi connectivity index (χ0) is 14.5. The van der Waals surface area contributed by atoms with E-state index in [1.165, 1.54) is 25.7 Å². The number of hydrogen-bond acceptors (Lipinski definition) is 5. The molecule has 2 aromatic rings. The summed E-state index contributed by atoms with van der Waals surface area (Å²) < 4.78 is 0. The van der Waals surface area contributed by atoms with Crippen molar-refractivity contribution in [1.82, 2.24) is 15.2 Å². The van der Waals surface area contributed by atoms with Gasteiger partial charge in [-0.15, -0.1) is 5.10 Å². The summed E-state index contributed by atoms with van der Waals surface area (Å²) in [6.07, 6.45) is 6.74. The van der Waals surface area contributed by atoms with E-state index >= 15 is 0 Å². The van der Waals surface area contributed by atoms with Gasteiger partial charge in [-0.3, -0.25) is 0 Å². The second-order valence-corrected chi connectivity index (χ2v) is 5.61. The molecular formula is C15H18ClN5. The van der Waals surface area contributed by atoms with Gasteiger partial charge < -0.3 is 10.2 Å². The first-order valence-corrected chi connectivity index (χ1v) is 7.66. The number of aromatic nitrogens is 3. The third-order valence-electron chi connectivity index (χ3n) is 3.56. The summed E-state index contributed by atoms with van der Waals surface area (Å²) in [5.41, 5.74) is 0.859. The van der Waals surface area contributed by atoms with Crippen LogP contribution in [-0.4, -0.2) is 28.3 Å². The third-order valence-corrected chi connectivity index (χ3v) is 3.79. The Labute approximate surface area is 129 Å². The lowest BCUT2D eigenvalue weighted by molar-refractivity contribution is 0.726. The summed E-state index contributed by atoms with van der Waals surface area (Å²) in [5, 5.41) is 11.9. The van der Waals surface area contributed by atoms with Gasteiger partial charge in [0, 0.05) is 23.8 Å². The number of rotatable bonds is 3. The third kappa shape index (κ3) is 3.82. The summed E-state index contributed by atoms with van der Waals surface area (Å²) in [5.74, 6) is 1.38. The van der Waals surface area contributed by atoms with Crippen molar-refractivity contribution in [2.24, 2.45) is 0 Å². The maximum atomic E-state index is 5.98. The van der Waals surface area contributed by atoms with E-state index < -0.39 is 0 Å². The van der Waals surface area contributed by atoms with E-state index in [1.807, 2.05) is 24.3 Å². The Balaban J connectivity index is 1.76. The van der Waals surface area contributed by atoms with Crippen molar-refractivity contribution in [3.05, 3.63) is 35.5 Å². The fourth-order valence-electron chi connectivity index (χ4n) is 2.50. The van der Waals surface area contributed by atoms with Gasteiger partial charge in [-0.2, -0.15) is 10.1 Å². The Hall–Kier alpha value is -1.88. The molecular weight excluding hydrogens is 286 g/mol. The number of benzene rings is 1. The highest BCUT2D eigenvalue weighted by atomic mass is 35.5. The van der Waals surface area contributed by atoms with Crippen LogP contribution < -0.4 is 10.2 Å². The molecule has 5 nitrogen and oxygen atoms in total. The van der Waals surface area contributed by atoms with Crippen LogP contribution in [0.3, 0.4) is 0 Å². The van der Waals surface area contributed by atoms with Crippen LogP contribution in [0.4, 0.5) is 17.5 Å². The minimum atomic E-state index is 0.499. The lowest BCUT2D eigenvalue weighted by Crippen LogP contribution is -2.25. The predicted octanol–water partition coefficient (Wildman–Crippen LogP) is 3.65. The maximum Gasteiger partial charge on any atom is 0.249 e. The standard InChI is InChI=1S/C15H18ClN5/c16-12-6-5-7-13(10-12)18-15-19-14(11-17-20-15)21-8-3-1-2-4-9-21/h5-7,10-11H,1-4,8-9H2,(H,18,19,20). The number of hydrogen-bond donors (Lipinski definition) is 1. The van der Waals surface area contributed by atoms with Gasteiger partial charge in [-0.1, -0.05) is 30.5 Å². The molecule has 0 bridgehead atoms. The molecule has 110 valence electrons. The minimum absolute atomic E-state index is 0.499. The summed E-state index contributed by atoms with van der Waals surface area (Å²) in [6, 6.07) is 7.48. The van der Waals surface area contributed by atoms with Gasteiger partial charge in [-0.25, -0.2) is 0 Å². The number of nitrogens with zero attached hydrogens (tertiary/aromatic N) is 4. The zero-order valence-electron chi connectivity index (χ0n) is 11.8. The molecule has 1 fully saturated rings. The molecule has 21 heavy (non-hydrogen) atoms. The minimum Gasteiger partial charge on any atom is -0.355 e. The van der Waals surface area contributed by atoms with Gasteiger partial charge in [0.25, 0.3) is 0 Å². The van der Waals surface area contributed by atoms with Crippen molar-refractivity contribution < 1.29 is 0 Å². The predicted molar refractivity (Wildman–Crippen MR) is 85.2 cm³/mol. The smallest absolute Gasteiger partial charge is 0.249 e. The molecule has 0 saturated carbocycles. The van der Waals surface area contributed by atoms with Crippen LogP contribution >= 0.6 is 11.6 Å². The molecule has 1 aliphatic rings. The van der Waals surface area contributed by atoms with Crippen molar-refractivity contribution in [3.63, 3.8) is 0 Å². The van der Waals surface area contributed by atoms with Crippen molar-refractivity contribution in [3.8, 4) is 0 Å². The van der Waals surface area contributed by atoms with E-state index in [0.29, 0.717) is 11.0 Å². The molecule has 0 amide bonds. The van der Waals surface area contributed by atoms with E-state index in [2.05, 4.69) is 25.4 Å². The number of halogens is 1. The molecule has 0 unspecified atom stereocenters. The SMILES string of the molecule is Clc1cccc(Nc2nncc(N3CCCCCC3)n2)c1. The molecule has 3 rings (SSSR count). The fraction of sp³-hybridized carbons (Fsp3) is 0.400. The highest BCUT2D eigenvalue weighted by Crippen LogP contribution is 2.20. The van der Waals surface area contributed by atoms with Gasteiger partial charge in [-0.05, 0) is 31.0 Å². The van der Waals surface area contributed by atoms with Crippen LogP contribution in [0.15, 0.2) is 30.5 Å². The second-order valence-electron chi connectivity index (χ2n) is 5.17. The van der Waals surface area contributed by atoms with Crippen molar-refractivity contribution in [2.75, 3.05) is 23.3 Å². The molecule has 1 aromatic heterocycles. The molecule has 2 heterocycles. The van der Waals surface area contributed by atoms with E-state index in [-0.39, 0.29) is 0 Å². The summed E-state index contributed by atoms with van der Waals surface area (Å²) in [4.78, 5) is 6.84. The molecule has 1 aliphatic heterocycles. The first-order chi connectivity index (χ1) is 10.3. The van der Waals surface area contributed by atoms with Gasteiger partial charge in [0.15, 0.2) is 5.82 Å². The highest BCUT2D eigenvalue weighted by molar-refractivity contribution is 6.30. The molecule has 1 N–H and O–H groups in total. The molecule has 0 spiro atoms. The average Bonchev–Trinajstić information content (AvgIpc) is 2.77. The Bertz CT molecular complexity index is 596. The van der Waals surface area contributed by atoms with E-state index in [9.17, 15) is 0 Å². The summed E-state index contributed by atoms with van der Waals surface area (Å²) >= 11 is 5.98. The van der Waals surface area contributed by atoms with Crippen LogP contribution in [-0.2, 0) is 0 Å². The van der Waals surface area contributed by atoms with Crippen LogP contribution in [0.5, 0.6) is 0 Å².